The summed E-state index contributed by atoms with van der Waals surface area (Å²) in [5, 5.41) is 16.5. The van der Waals surface area contributed by atoms with Gasteiger partial charge >= 0.3 is 0 Å². The molecule has 0 unspecified atom stereocenters. The Kier molecular flexibility index (Phi) is 4.16. The van der Waals surface area contributed by atoms with Crippen LogP contribution in [0, 0.1) is 0 Å². The zero-order chi connectivity index (χ0) is 15.2. The molecule has 0 saturated carbocycles. The number of nitrogens with zero attached hydrogens (tertiary/aromatic N) is 1. The Balaban J connectivity index is 1.68. The number of H-pyrrole nitrogens is 1. The zero-order valence-electron chi connectivity index (χ0n) is 12.0. The van der Waals surface area contributed by atoms with Crippen LogP contribution in [0.1, 0.15) is 22.5 Å². The first kappa shape index (κ1) is 13.9. The summed E-state index contributed by atoms with van der Waals surface area (Å²) in [6.07, 6.45) is 7.93. The number of rotatable bonds is 4. The van der Waals surface area contributed by atoms with Gasteiger partial charge in [-0.1, -0.05) is 54.6 Å². The summed E-state index contributed by atoms with van der Waals surface area (Å²) in [4.78, 5) is 0. The van der Waals surface area contributed by atoms with Gasteiger partial charge in [0.1, 0.15) is 5.75 Å². The molecule has 0 atom stereocenters. The molecule has 3 aromatic rings. The van der Waals surface area contributed by atoms with Crippen LogP contribution in [0.5, 0.6) is 5.75 Å². The van der Waals surface area contributed by atoms with Crippen molar-refractivity contribution in [1.29, 1.82) is 0 Å². The minimum absolute atomic E-state index is 0.269. The third-order valence-electron chi connectivity index (χ3n) is 3.21. The Labute approximate surface area is 129 Å². The maximum absolute atomic E-state index is 9.25. The van der Waals surface area contributed by atoms with Crippen LogP contribution in [0.15, 0.2) is 60.7 Å². The van der Waals surface area contributed by atoms with Gasteiger partial charge in [-0.05, 0) is 41.5 Å². The standard InChI is InChI=1S/C19H16N2O/c22-19-12-8-16(9-13-19)7-11-18-14-17(20-21-18)10-6-15-4-2-1-3-5-15/h1-14,22H,(H,20,21)/b10-6+,11-7?. The quantitative estimate of drug-likeness (QED) is 0.744. The van der Waals surface area contributed by atoms with Gasteiger partial charge in [-0.2, -0.15) is 5.10 Å². The summed E-state index contributed by atoms with van der Waals surface area (Å²) in [5.74, 6) is 0.269. The van der Waals surface area contributed by atoms with Crippen LogP contribution in [-0.4, -0.2) is 15.3 Å². The third-order valence-corrected chi connectivity index (χ3v) is 3.21. The van der Waals surface area contributed by atoms with Crippen LogP contribution < -0.4 is 0 Å². The second-order valence-corrected chi connectivity index (χ2v) is 4.92. The predicted molar refractivity (Wildman–Crippen MR) is 91.0 cm³/mol. The van der Waals surface area contributed by atoms with Crippen molar-refractivity contribution in [1.82, 2.24) is 10.2 Å². The van der Waals surface area contributed by atoms with E-state index in [4.69, 9.17) is 0 Å². The number of phenolic OH excluding ortho intramolecular Hbond substituents is 1. The first-order valence-corrected chi connectivity index (χ1v) is 7.05. The monoisotopic (exact) mass is 288 g/mol. The van der Waals surface area contributed by atoms with Gasteiger partial charge in [0.05, 0.1) is 11.4 Å². The summed E-state index contributed by atoms with van der Waals surface area (Å²) in [6.45, 7) is 0. The van der Waals surface area contributed by atoms with E-state index < -0.39 is 0 Å². The molecular weight excluding hydrogens is 272 g/mol. The zero-order valence-corrected chi connectivity index (χ0v) is 12.0. The maximum atomic E-state index is 9.25. The van der Waals surface area contributed by atoms with Crippen molar-refractivity contribution >= 4 is 24.3 Å². The smallest absolute Gasteiger partial charge is 0.115 e. The highest BCUT2D eigenvalue weighted by atomic mass is 16.3. The summed E-state index contributed by atoms with van der Waals surface area (Å²) in [6, 6.07) is 19.2. The highest BCUT2D eigenvalue weighted by Crippen LogP contribution is 2.13. The van der Waals surface area contributed by atoms with E-state index in [1.165, 1.54) is 0 Å². The van der Waals surface area contributed by atoms with Gasteiger partial charge in [-0.15, -0.1) is 0 Å². The molecular formula is C19H16N2O. The Hall–Kier alpha value is -3.07. The van der Waals surface area contributed by atoms with E-state index in [-0.39, 0.29) is 5.75 Å². The van der Waals surface area contributed by atoms with E-state index in [9.17, 15) is 5.11 Å². The van der Waals surface area contributed by atoms with Crippen molar-refractivity contribution in [3.63, 3.8) is 0 Å². The number of aromatic amines is 1. The minimum Gasteiger partial charge on any atom is -0.508 e. The Morgan fingerprint density at radius 2 is 1.45 bits per heavy atom. The SMILES string of the molecule is Oc1ccc(C=Cc2cc(/C=C/c3ccccc3)[nH]n2)cc1. The molecule has 0 bridgehead atoms. The molecule has 0 fully saturated rings. The third kappa shape index (κ3) is 3.73. The van der Waals surface area contributed by atoms with Crippen LogP contribution in [0.2, 0.25) is 0 Å². The molecule has 2 N–H and O–H groups in total. The van der Waals surface area contributed by atoms with E-state index >= 15 is 0 Å². The van der Waals surface area contributed by atoms with Gasteiger partial charge < -0.3 is 5.11 Å². The number of aromatic hydroxyl groups is 1. The van der Waals surface area contributed by atoms with E-state index in [0.29, 0.717) is 0 Å². The Morgan fingerprint density at radius 1 is 0.773 bits per heavy atom. The molecule has 22 heavy (non-hydrogen) atoms. The van der Waals surface area contributed by atoms with Crippen molar-refractivity contribution in [2.24, 2.45) is 0 Å². The molecule has 0 radical (unpaired) electrons. The second-order valence-electron chi connectivity index (χ2n) is 4.92. The maximum Gasteiger partial charge on any atom is 0.115 e. The fourth-order valence-electron chi connectivity index (χ4n) is 2.04. The van der Waals surface area contributed by atoms with Crippen molar-refractivity contribution in [3.05, 3.63) is 83.2 Å². The van der Waals surface area contributed by atoms with Crippen LogP contribution in [0.4, 0.5) is 0 Å². The van der Waals surface area contributed by atoms with Crippen molar-refractivity contribution < 1.29 is 5.11 Å². The van der Waals surface area contributed by atoms with Crippen LogP contribution in [0.25, 0.3) is 24.3 Å². The number of aromatic nitrogens is 2. The topological polar surface area (TPSA) is 48.9 Å². The van der Waals surface area contributed by atoms with E-state index in [0.717, 1.165) is 22.5 Å². The van der Waals surface area contributed by atoms with Gasteiger partial charge in [-0.3, -0.25) is 5.10 Å². The molecule has 0 spiro atoms. The summed E-state index contributed by atoms with van der Waals surface area (Å²) in [5.41, 5.74) is 3.98. The van der Waals surface area contributed by atoms with Gasteiger partial charge in [-0.25, -0.2) is 0 Å². The normalized spacial score (nSPS) is 11.5. The molecule has 2 aromatic carbocycles. The highest BCUT2D eigenvalue weighted by molar-refractivity contribution is 5.72. The number of nitrogens with one attached hydrogen (secondary N) is 1. The molecule has 0 aliphatic carbocycles. The van der Waals surface area contributed by atoms with Gasteiger partial charge in [0, 0.05) is 0 Å². The minimum atomic E-state index is 0.269. The molecule has 3 heteroatoms. The number of benzene rings is 2. The average molecular weight is 288 g/mol. The largest absolute Gasteiger partial charge is 0.508 e. The molecule has 0 aliphatic heterocycles. The lowest BCUT2D eigenvalue weighted by Gasteiger charge is -1.92. The van der Waals surface area contributed by atoms with E-state index in [1.807, 2.05) is 60.7 Å². The molecule has 108 valence electrons. The van der Waals surface area contributed by atoms with E-state index in [2.05, 4.69) is 22.3 Å². The fraction of sp³-hybridized carbons (Fsp3) is 0. The van der Waals surface area contributed by atoms with Gasteiger partial charge in [0.2, 0.25) is 0 Å². The second kappa shape index (κ2) is 6.59. The average Bonchev–Trinajstić information content (AvgIpc) is 3.01. The van der Waals surface area contributed by atoms with Crippen LogP contribution in [-0.2, 0) is 0 Å². The first-order valence-electron chi connectivity index (χ1n) is 7.05. The molecule has 3 rings (SSSR count). The highest BCUT2D eigenvalue weighted by Gasteiger charge is 1.95. The molecule has 3 nitrogen and oxygen atoms in total. The molecule has 1 aromatic heterocycles. The molecule has 0 aliphatic rings. The Morgan fingerprint density at radius 3 is 2.23 bits per heavy atom. The fourth-order valence-corrected chi connectivity index (χ4v) is 2.04. The molecule has 0 saturated heterocycles. The lowest BCUT2D eigenvalue weighted by molar-refractivity contribution is 0.475. The summed E-state index contributed by atoms with van der Waals surface area (Å²) in [7, 11) is 0. The van der Waals surface area contributed by atoms with Crippen LogP contribution >= 0.6 is 0 Å². The first-order chi connectivity index (χ1) is 10.8. The number of phenols is 1. The molecule has 1 heterocycles. The number of hydrogen-bond donors (Lipinski definition) is 2. The van der Waals surface area contributed by atoms with Gasteiger partial charge in [0.15, 0.2) is 0 Å². The van der Waals surface area contributed by atoms with E-state index in [1.54, 1.807) is 12.1 Å². The Bertz CT molecular complexity index is 784. The summed E-state index contributed by atoms with van der Waals surface area (Å²) >= 11 is 0. The van der Waals surface area contributed by atoms with Crippen molar-refractivity contribution in [2.75, 3.05) is 0 Å². The van der Waals surface area contributed by atoms with Crippen molar-refractivity contribution in [2.45, 2.75) is 0 Å². The predicted octanol–water partition coefficient (Wildman–Crippen LogP) is 4.46. The summed E-state index contributed by atoms with van der Waals surface area (Å²) < 4.78 is 0. The number of hydrogen-bond acceptors (Lipinski definition) is 2. The lowest BCUT2D eigenvalue weighted by atomic mass is 10.2. The van der Waals surface area contributed by atoms with Crippen molar-refractivity contribution in [3.8, 4) is 5.75 Å². The molecule has 0 amide bonds. The lowest BCUT2D eigenvalue weighted by Crippen LogP contribution is -1.73. The van der Waals surface area contributed by atoms with Crippen LogP contribution in [0.3, 0.4) is 0 Å². The van der Waals surface area contributed by atoms with Gasteiger partial charge in [0.25, 0.3) is 0 Å².